The maximum Gasteiger partial charge on any atom is 0.328 e. The van der Waals surface area contributed by atoms with Gasteiger partial charge in [0.05, 0.1) is 6.61 Å². The van der Waals surface area contributed by atoms with Crippen molar-refractivity contribution in [3.05, 3.63) is 77.4 Å². The summed E-state index contributed by atoms with van der Waals surface area (Å²) in [6, 6.07) is 4.01. The Bertz CT molecular complexity index is 2310. The lowest BCUT2D eigenvalue weighted by Gasteiger charge is -2.34. The Morgan fingerprint density at radius 1 is 0.875 bits per heavy atom. The number of nitrogens with one attached hydrogen (secondary N) is 6. The van der Waals surface area contributed by atoms with Gasteiger partial charge in [-0.1, -0.05) is 48.5 Å². The number of primary amides is 1. The number of aliphatic hydroxyl groups excluding tert-OH is 1. The number of methoxy groups -OCH3 is 1. The van der Waals surface area contributed by atoms with Gasteiger partial charge in [0.25, 0.3) is 0 Å². The summed E-state index contributed by atoms with van der Waals surface area (Å²) in [4.78, 5) is 141. The molecule has 0 aromatic heterocycles. The van der Waals surface area contributed by atoms with Crippen LogP contribution in [0.25, 0.3) is 0 Å². The molecule has 0 bridgehead atoms. The molecule has 9 atom stereocenters. The Kier molecular flexibility index (Phi) is 21.7. The van der Waals surface area contributed by atoms with Crippen molar-refractivity contribution in [2.45, 2.75) is 134 Å². The van der Waals surface area contributed by atoms with Gasteiger partial charge in [0, 0.05) is 52.0 Å². The highest BCUT2D eigenvalue weighted by atomic mass is 16.5. The van der Waals surface area contributed by atoms with Crippen LogP contribution in [-0.4, -0.2) is 161 Å². The van der Waals surface area contributed by atoms with Crippen LogP contribution in [0.4, 0.5) is 0 Å². The summed E-state index contributed by atoms with van der Waals surface area (Å²) in [5.74, 6) is -8.76. The van der Waals surface area contributed by atoms with E-state index in [2.05, 4.69) is 31.9 Å². The first-order valence-electron chi connectivity index (χ1n) is 23.6. The predicted molar refractivity (Wildman–Crippen MR) is 257 cm³/mol. The second kappa shape index (κ2) is 27.3. The van der Waals surface area contributed by atoms with Gasteiger partial charge in [-0.25, -0.2) is 4.79 Å². The molecule has 392 valence electrons. The minimum atomic E-state index is -1.89. The quantitative estimate of drug-likeness (QED) is 0.0643. The predicted octanol–water partition coefficient (Wildman–Crippen LogP) is -1.52. The molecule has 0 unspecified atom stereocenters. The molecule has 2 aromatic rings. The molecule has 0 spiro atoms. The van der Waals surface area contributed by atoms with Crippen molar-refractivity contribution in [1.82, 2.24) is 41.7 Å². The van der Waals surface area contributed by atoms with Crippen molar-refractivity contribution in [1.29, 1.82) is 0 Å². The van der Waals surface area contributed by atoms with Gasteiger partial charge < -0.3 is 67.1 Å². The number of fused-ring (bicyclic) bond motifs is 1. The van der Waals surface area contributed by atoms with Gasteiger partial charge in [0.1, 0.15) is 60.4 Å². The number of benzene rings is 2. The zero-order chi connectivity index (χ0) is 53.2. The van der Waals surface area contributed by atoms with E-state index in [0.29, 0.717) is 11.1 Å². The van der Waals surface area contributed by atoms with Gasteiger partial charge in [-0.3, -0.25) is 43.2 Å². The standard InChI is InChI=1S/C49H67N9O14/c1-7-27(2)42(63)53-33(17-20-38(50)61)43(64)56-41-29(4)72-49(70)28(3)52-45(66)37(26-31-13-15-32(60)16-14-31)57(5)47(68)35(25-30-11-9-8-10-12-30)55-44(65)36-19-22-40(71-6)58(36)48(69)34(54-46(41)67)18-21-39(62)51-23-24-59/h7-16,28-29,33-37,40-41,59-60H,17-26H2,1-6H3,(H2,50,61)(H,51,62)(H,52,66)(H,53,63)(H,54,67)(H,55,65)(H,56,64)/b27-7+/t28-,29+,33-,34-,35-,36-,37-,40+,41-/m0/s1. The van der Waals surface area contributed by atoms with Crippen LogP contribution < -0.4 is 37.6 Å². The molecule has 9 amide bonds. The zero-order valence-electron chi connectivity index (χ0n) is 41.3. The van der Waals surface area contributed by atoms with Crippen molar-refractivity contribution in [2.24, 2.45) is 5.73 Å². The highest BCUT2D eigenvalue weighted by molar-refractivity contribution is 6.00. The summed E-state index contributed by atoms with van der Waals surface area (Å²) in [6.07, 6.45) is -2.85. The monoisotopic (exact) mass is 1010 g/mol. The van der Waals surface area contributed by atoms with E-state index >= 15 is 0 Å². The van der Waals surface area contributed by atoms with Crippen LogP contribution >= 0.6 is 0 Å². The van der Waals surface area contributed by atoms with Crippen molar-refractivity contribution < 1.29 is 67.6 Å². The average molecular weight is 1010 g/mol. The number of ether oxygens (including phenoxy) is 2. The Labute approximate surface area is 417 Å². The van der Waals surface area contributed by atoms with Gasteiger partial charge in [-0.2, -0.15) is 0 Å². The normalized spacial score (nSPS) is 24.2. The lowest BCUT2D eigenvalue weighted by molar-refractivity contribution is -0.157. The fourth-order valence-corrected chi connectivity index (χ4v) is 8.13. The lowest BCUT2D eigenvalue weighted by atomic mass is 10.00. The van der Waals surface area contributed by atoms with Crippen LogP contribution in [0.3, 0.4) is 0 Å². The number of allylic oxidation sites excluding steroid dienone is 1. The Morgan fingerprint density at radius 3 is 2.15 bits per heavy atom. The van der Waals surface area contributed by atoms with E-state index < -0.39 is 133 Å². The fraction of sp³-hybridized carbons (Fsp3) is 0.510. The maximum atomic E-state index is 15.0. The molecule has 0 aliphatic carbocycles. The number of carbonyl (C=O) groups is 10. The summed E-state index contributed by atoms with van der Waals surface area (Å²) in [5, 5.41) is 34.7. The van der Waals surface area contributed by atoms with Crippen LogP contribution in [-0.2, 0) is 70.3 Å². The molecule has 2 saturated heterocycles. The number of hydrogen-bond acceptors (Lipinski definition) is 14. The number of carbonyl (C=O) groups excluding carboxylic acids is 10. The Morgan fingerprint density at radius 2 is 1.53 bits per heavy atom. The number of aliphatic hydroxyl groups is 1. The molecule has 23 nitrogen and oxygen atoms in total. The molecule has 2 aliphatic rings. The van der Waals surface area contributed by atoms with E-state index in [4.69, 9.17) is 15.2 Å². The number of nitrogens with two attached hydrogens (primary N) is 1. The third-order valence-electron chi connectivity index (χ3n) is 12.4. The van der Waals surface area contributed by atoms with Gasteiger partial charge in [-0.15, -0.1) is 0 Å². The highest BCUT2D eigenvalue weighted by Gasteiger charge is 2.46. The van der Waals surface area contributed by atoms with E-state index in [1.807, 2.05) is 0 Å². The molecule has 2 heterocycles. The zero-order valence-corrected chi connectivity index (χ0v) is 41.3. The molecule has 4 rings (SSSR count). The number of cyclic esters (lactones) is 1. The van der Waals surface area contributed by atoms with E-state index in [1.54, 1.807) is 37.3 Å². The first-order chi connectivity index (χ1) is 34.2. The summed E-state index contributed by atoms with van der Waals surface area (Å²) >= 11 is 0. The number of amides is 9. The van der Waals surface area contributed by atoms with Crippen molar-refractivity contribution in [2.75, 3.05) is 27.3 Å². The third-order valence-corrected chi connectivity index (χ3v) is 12.4. The molecular weight excluding hydrogens is 939 g/mol. The first kappa shape index (κ1) is 57.2. The van der Waals surface area contributed by atoms with Gasteiger partial charge >= 0.3 is 5.97 Å². The lowest BCUT2D eigenvalue weighted by Crippen LogP contribution is -2.62. The maximum absolute atomic E-state index is 15.0. The van der Waals surface area contributed by atoms with Crippen LogP contribution in [0, 0.1) is 0 Å². The third kappa shape index (κ3) is 16.1. The topological polar surface area (TPSA) is 334 Å². The fourth-order valence-electron chi connectivity index (χ4n) is 8.13. The van der Waals surface area contributed by atoms with Gasteiger partial charge in [-0.05, 0) is 76.6 Å². The van der Waals surface area contributed by atoms with Crippen molar-refractivity contribution in [3.8, 4) is 5.75 Å². The van der Waals surface area contributed by atoms with Crippen molar-refractivity contribution in [3.63, 3.8) is 0 Å². The molecule has 23 heteroatoms. The Balaban J connectivity index is 1.88. The second-order valence-corrected chi connectivity index (χ2v) is 17.7. The van der Waals surface area contributed by atoms with Crippen LogP contribution in [0.1, 0.15) is 77.3 Å². The van der Waals surface area contributed by atoms with E-state index in [0.717, 1.165) is 9.80 Å². The number of likely N-dealkylation sites (N-methyl/N-ethyl adjacent to an activating group) is 1. The van der Waals surface area contributed by atoms with Crippen LogP contribution in [0.2, 0.25) is 0 Å². The number of aromatic hydroxyl groups is 1. The molecule has 2 aromatic carbocycles. The largest absolute Gasteiger partial charge is 0.508 e. The smallest absolute Gasteiger partial charge is 0.328 e. The van der Waals surface area contributed by atoms with Crippen molar-refractivity contribution >= 4 is 59.1 Å². The SMILES string of the molecule is C/C=C(\C)C(=O)N[C@@H](CCC(N)=O)C(=O)N[C@@H]1C(=O)N[C@@H](CCC(=O)NCCO)C(=O)N2[C@H](OC)CC[C@H]2C(=O)N[C@@H](Cc2ccccc2)C(=O)N(C)[C@@H](Cc2ccc(O)cc2)C(=O)N[C@@H](C)C(=O)O[C@@H]1C. The molecule has 0 saturated carbocycles. The molecular formula is C49H67N9O14. The van der Waals surface area contributed by atoms with Gasteiger partial charge in [0.2, 0.25) is 53.2 Å². The molecule has 0 radical (unpaired) electrons. The number of phenolic OH excluding ortho intramolecular Hbond substituents is 1. The Hall–Kier alpha value is -7.40. The summed E-state index contributed by atoms with van der Waals surface area (Å²) in [6.45, 7) is 5.03. The molecule has 72 heavy (non-hydrogen) atoms. The summed E-state index contributed by atoms with van der Waals surface area (Å²) in [5.41, 5.74) is 6.71. The first-order valence-corrected chi connectivity index (χ1v) is 23.6. The number of nitrogens with zero attached hydrogens (tertiary/aromatic N) is 2. The molecule has 10 N–H and O–H groups in total. The van der Waals surface area contributed by atoms with Crippen LogP contribution in [0.15, 0.2) is 66.2 Å². The van der Waals surface area contributed by atoms with E-state index in [9.17, 15) is 58.2 Å². The molecule has 2 fully saturated rings. The average Bonchev–Trinajstić information content (AvgIpc) is 3.80. The van der Waals surface area contributed by atoms with E-state index in [-0.39, 0.29) is 56.4 Å². The second-order valence-electron chi connectivity index (χ2n) is 17.7. The summed E-state index contributed by atoms with van der Waals surface area (Å²) in [7, 11) is 2.65. The number of phenols is 1. The number of rotatable bonds is 17. The number of hydrogen-bond donors (Lipinski definition) is 9. The molecule has 2 aliphatic heterocycles. The minimum absolute atomic E-state index is 0.0103. The number of esters is 1. The summed E-state index contributed by atoms with van der Waals surface area (Å²) < 4.78 is 11.4. The van der Waals surface area contributed by atoms with Gasteiger partial charge in [0.15, 0.2) is 0 Å². The van der Waals surface area contributed by atoms with Crippen LogP contribution in [0.5, 0.6) is 5.75 Å². The highest BCUT2D eigenvalue weighted by Crippen LogP contribution is 2.27. The minimum Gasteiger partial charge on any atom is -0.508 e. The van der Waals surface area contributed by atoms with E-state index in [1.165, 1.54) is 65.3 Å².